The van der Waals surface area contributed by atoms with E-state index in [1.54, 1.807) is 0 Å². The minimum absolute atomic E-state index is 0.227. The average Bonchev–Trinajstić information content (AvgIpc) is 2.40. The van der Waals surface area contributed by atoms with Crippen LogP contribution in [0, 0.1) is 0 Å². The fraction of sp³-hybridized carbons (Fsp3) is 1.00. The van der Waals surface area contributed by atoms with E-state index in [0.717, 1.165) is 26.3 Å². The molecule has 0 saturated carbocycles. The molecule has 4 heteroatoms. The van der Waals surface area contributed by atoms with E-state index in [4.69, 9.17) is 4.74 Å². The Balaban J connectivity index is 2.01. The van der Waals surface area contributed by atoms with Crippen LogP contribution in [-0.4, -0.2) is 79.9 Å². The van der Waals surface area contributed by atoms with Crippen molar-refractivity contribution in [2.45, 2.75) is 25.9 Å². The Bertz CT molecular complexity index is 235. The molecule has 2 rings (SSSR count). The van der Waals surface area contributed by atoms with Gasteiger partial charge in [-0.15, -0.1) is 0 Å². The van der Waals surface area contributed by atoms with E-state index in [1.807, 2.05) is 0 Å². The van der Waals surface area contributed by atoms with Gasteiger partial charge < -0.3 is 9.64 Å². The molecule has 0 N–H and O–H groups in total. The summed E-state index contributed by atoms with van der Waals surface area (Å²) in [6, 6.07) is 0. The summed E-state index contributed by atoms with van der Waals surface area (Å²) in [5.41, 5.74) is 0.227. The zero-order chi connectivity index (χ0) is 12.3. The van der Waals surface area contributed by atoms with E-state index in [0.29, 0.717) is 0 Å². The van der Waals surface area contributed by atoms with Gasteiger partial charge in [0, 0.05) is 39.3 Å². The van der Waals surface area contributed by atoms with Crippen LogP contribution in [0.3, 0.4) is 0 Å². The van der Waals surface area contributed by atoms with Crippen LogP contribution in [0.5, 0.6) is 0 Å². The molecule has 0 aromatic carbocycles. The second kappa shape index (κ2) is 5.65. The summed E-state index contributed by atoms with van der Waals surface area (Å²) in [4.78, 5) is 7.70. The summed E-state index contributed by atoms with van der Waals surface area (Å²) in [5.74, 6) is 0. The summed E-state index contributed by atoms with van der Waals surface area (Å²) >= 11 is 0. The maximum absolute atomic E-state index is 5.48. The molecule has 0 amide bonds. The number of piperazine rings is 1. The van der Waals surface area contributed by atoms with Crippen LogP contribution in [0.2, 0.25) is 0 Å². The molecule has 0 radical (unpaired) electrons. The Morgan fingerprint density at radius 3 is 2.00 bits per heavy atom. The van der Waals surface area contributed by atoms with Gasteiger partial charge in [0.25, 0.3) is 0 Å². The fourth-order valence-corrected chi connectivity index (χ4v) is 2.98. The fourth-order valence-electron chi connectivity index (χ4n) is 2.98. The zero-order valence-electron chi connectivity index (χ0n) is 11.6. The zero-order valence-corrected chi connectivity index (χ0v) is 11.6. The second-order valence-electron chi connectivity index (χ2n) is 5.46. The number of nitrogens with zero attached hydrogens (tertiary/aromatic N) is 3. The van der Waals surface area contributed by atoms with Gasteiger partial charge in [-0.1, -0.05) is 6.92 Å². The van der Waals surface area contributed by atoms with Crippen molar-refractivity contribution in [1.29, 1.82) is 0 Å². The van der Waals surface area contributed by atoms with Crippen LogP contribution in [0.15, 0.2) is 0 Å². The normalized spacial score (nSPS) is 29.1. The van der Waals surface area contributed by atoms with Gasteiger partial charge in [-0.25, -0.2) is 0 Å². The summed E-state index contributed by atoms with van der Waals surface area (Å²) in [6.45, 7) is 13.4. The summed E-state index contributed by atoms with van der Waals surface area (Å²) in [6.07, 6.45) is 1.19. The van der Waals surface area contributed by atoms with Crippen molar-refractivity contribution in [2.24, 2.45) is 0 Å². The van der Waals surface area contributed by atoms with E-state index in [1.165, 1.54) is 32.6 Å². The molecule has 0 aromatic rings. The van der Waals surface area contributed by atoms with Crippen molar-refractivity contribution < 1.29 is 4.74 Å². The second-order valence-corrected chi connectivity index (χ2v) is 5.46. The van der Waals surface area contributed by atoms with Crippen LogP contribution in [0.1, 0.15) is 20.3 Å². The smallest absolute Gasteiger partial charge is 0.0708 e. The Morgan fingerprint density at radius 1 is 0.941 bits per heavy atom. The van der Waals surface area contributed by atoms with E-state index in [2.05, 4.69) is 35.6 Å². The summed E-state index contributed by atoms with van der Waals surface area (Å²) < 4.78 is 5.48. The highest BCUT2D eigenvalue weighted by atomic mass is 16.5. The van der Waals surface area contributed by atoms with E-state index >= 15 is 0 Å². The first kappa shape index (κ1) is 13.3. The first-order valence-electron chi connectivity index (χ1n) is 6.93. The van der Waals surface area contributed by atoms with Gasteiger partial charge in [-0.2, -0.15) is 0 Å². The molecular weight excluding hydrogens is 214 g/mol. The van der Waals surface area contributed by atoms with Crippen molar-refractivity contribution in [2.75, 3.05) is 59.5 Å². The molecule has 1 unspecified atom stereocenters. The van der Waals surface area contributed by atoms with E-state index < -0.39 is 0 Å². The third kappa shape index (κ3) is 2.81. The predicted molar refractivity (Wildman–Crippen MR) is 70.2 cm³/mol. The highest BCUT2D eigenvalue weighted by molar-refractivity contribution is 4.89. The lowest BCUT2D eigenvalue weighted by Crippen LogP contribution is -2.64. The van der Waals surface area contributed by atoms with Crippen molar-refractivity contribution in [3.8, 4) is 0 Å². The van der Waals surface area contributed by atoms with Crippen molar-refractivity contribution >= 4 is 0 Å². The van der Waals surface area contributed by atoms with Crippen molar-refractivity contribution in [3.05, 3.63) is 0 Å². The lowest BCUT2D eigenvalue weighted by atomic mass is 10.0. The first-order chi connectivity index (χ1) is 8.16. The molecule has 17 heavy (non-hydrogen) atoms. The molecule has 2 saturated heterocycles. The molecule has 2 aliphatic rings. The van der Waals surface area contributed by atoms with Crippen molar-refractivity contribution in [3.63, 3.8) is 0 Å². The molecular formula is C13H27N3O. The largest absolute Gasteiger partial charge is 0.379 e. The minimum atomic E-state index is 0.227. The predicted octanol–water partition coefficient (Wildman–Crippen LogP) is 0.692. The molecule has 2 aliphatic heterocycles. The van der Waals surface area contributed by atoms with Crippen molar-refractivity contribution in [1.82, 2.24) is 14.7 Å². The molecule has 0 bridgehead atoms. The van der Waals surface area contributed by atoms with E-state index in [9.17, 15) is 0 Å². The number of hydrogen-bond acceptors (Lipinski definition) is 4. The Kier molecular flexibility index (Phi) is 4.42. The quantitative estimate of drug-likeness (QED) is 0.724. The van der Waals surface area contributed by atoms with Gasteiger partial charge in [-0.3, -0.25) is 9.80 Å². The molecule has 100 valence electrons. The molecule has 0 spiro atoms. The maximum atomic E-state index is 5.48. The van der Waals surface area contributed by atoms with Gasteiger partial charge in [0.1, 0.15) is 0 Å². The summed E-state index contributed by atoms with van der Waals surface area (Å²) in [5, 5.41) is 0. The Morgan fingerprint density at radius 2 is 1.47 bits per heavy atom. The van der Waals surface area contributed by atoms with Crippen LogP contribution in [-0.2, 0) is 4.74 Å². The van der Waals surface area contributed by atoms with E-state index in [-0.39, 0.29) is 5.66 Å². The van der Waals surface area contributed by atoms with Gasteiger partial charge in [0.05, 0.1) is 18.9 Å². The molecule has 2 fully saturated rings. The molecule has 0 aliphatic carbocycles. The van der Waals surface area contributed by atoms with Gasteiger partial charge in [0.2, 0.25) is 0 Å². The highest BCUT2D eigenvalue weighted by Gasteiger charge is 2.37. The van der Waals surface area contributed by atoms with Crippen LogP contribution in [0.25, 0.3) is 0 Å². The monoisotopic (exact) mass is 241 g/mol. The summed E-state index contributed by atoms with van der Waals surface area (Å²) in [7, 11) is 2.22. The molecule has 1 atom stereocenters. The van der Waals surface area contributed by atoms with Crippen LogP contribution < -0.4 is 0 Å². The SMILES string of the molecule is CCC(C)(N1CCOCC1)N1CCN(C)CC1. The number of morpholine rings is 1. The number of hydrogen-bond donors (Lipinski definition) is 0. The van der Waals surface area contributed by atoms with Gasteiger partial charge in [-0.05, 0) is 20.4 Å². The van der Waals surface area contributed by atoms with Gasteiger partial charge >= 0.3 is 0 Å². The standard InChI is InChI=1S/C13H27N3O/c1-4-13(2,16-9-11-17-12-10-16)15-7-5-14(3)6-8-15/h4-12H2,1-3H3. The lowest BCUT2D eigenvalue weighted by molar-refractivity contribution is -0.105. The molecule has 2 heterocycles. The molecule has 4 nitrogen and oxygen atoms in total. The Hall–Kier alpha value is -0.160. The number of ether oxygens (including phenoxy) is 1. The third-order valence-corrected chi connectivity index (χ3v) is 4.55. The third-order valence-electron chi connectivity index (χ3n) is 4.55. The lowest BCUT2D eigenvalue weighted by Gasteiger charge is -2.52. The Labute approximate surface area is 105 Å². The highest BCUT2D eigenvalue weighted by Crippen LogP contribution is 2.26. The number of rotatable bonds is 3. The molecule has 0 aromatic heterocycles. The van der Waals surface area contributed by atoms with Gasteiger partial charge in [0.15, 0.2) is 0 Å². The maximum Gasteiger partial charge on any atom is 0.0708 e. The van der Waals surface area contributed by atoms with Crippen LogP contribution >= 0.6 is 0 Å². The average molecular weight is 241 g/mol. The first-order valence-corrected chi connectivity index (χ1v) is 6.93. The van der Waals surface area contributed by atoms with Crippen LogP contribution in [0.4, 0.5) is 0 Å². The number of likely N-dealkylation sites (N-methyl/N-ethyl adjacent to an activating group) is 1. The topological polar surface area (TPSA) is 19.0 Å². The minimum Gasteiger partial charge on any atom is -0.379 e.